The van der Waals surface area contributed by atoms with Crippen molar-refractivity contribution in [3.05, 3.63) is 27.4 Å². The Morgan fingerprint density at radius 1 is 1.65 bits per heavy atom. The first-order chi connectivity index (χ1) is 9.48. The predicted octanol–water partition coefficient (Wildman–Crippen LogP) is 2.96. The van der Waals surface area contributed by atoms with Gasteiger partial charge in [-0.25, -0.2) is 4.98 Å². The van der Waals surface area contributed by atoms with Crippen LogP contribution in [0.3, 0.4) is 0 Å². The molecule has 0 bridgehead atoms. The van der Waals surface area contributed by atoms with E-state index in [0.29, 0.717) is 18.3 Å². The summed E-state index contributed by atoms with van der Waals surface area (Å²) in [5, 5.41) is 14.3. The molecule has 1 aromatic rings. The molecule has 7 heteroatoms. The van der Waals surface area contributed by atoms with E-state index in [0.717, 1.165) is 19.3 Å². The van der Waals surface area contributed by atoms with Crippen molar-refractivity contribution in [3.63, 3.8) is 0 Å². The van der Waals surface area contributed by atoms with Gasteiger partial charge in [-0.2, -0.15) is 0 Å². The van der Waals surface area contributed by atoms with Crippen LogP contribution < -0.4 is 11.1 Å². The number of aromatic nitrogens is 1. The minimum atomic E-state index is -0.509. The lowest BCUT2D eigenvalue weighted by Crippen LogP contribution is -2.52. The maximum Gasteiger partial charge on any atom is 0.289 e. The number of nitrogens with two attached hydrogens (primary N) is 1. The Balaban J connectivity index is 2.25. The Bertz CT molecular complexity index is 511. The van der Waals surface area contributed by atoms with Crippen LogP contribution in [0.25, 0.3) is 0 Å². The highest BCUT2D eigenvalue weighted by molar-refractivity contribution is 6.33. The Hall–Kier alpha value is -1.40. The maximum absolute atomic E-state index is 10.7. The van der Waals surface area contributed by atoms with Gasteiger partial charge in [0.15, 0.2) is 0 Å². The minimum Gasteiger partial charge on any atom is -0.362 e. The summed E-state index contributed by atoms with van der Waals surface area (Å²) < 4.78 is 0. The van der Waals surface area contributed by atoms with Crippen molar-refractivity contribution in [1.82, 2.24) is 4.98 Å². The summed E-state index contributed by atoms with van der Waals surface area (Å²) in [6.07, 6.45) is 5.59. The summed E-state index contributed by atoms with van der Waals surface area (Å²) in [4.78, 5) is 14.3. The summed E-state index contributed by atoms with van der Waals surface area (Å²) in [6, 6.07) is 1.31. The number of pyridine rings is 1. The molecule has 6 nitrogen and oxygen atoms in total. The molecular weight excluding hydrogens is 280 g/mol. The van der Waals surface area contributed by atoms with Crippen LogP contribution in [0.5, 0.6) is 0 Å². The van der Waals surface area contributed by atoms with Gasteiger partial charge in [-0.15, -0.1) is 0 Å². The van der Waals surface area contributed by atoms with E-state index in [1.807, 2.05) is 0 Å². The monoisotopic (exact) mass is 298 g/mol. The fourth-order valence-corrected chi connectivity index (χ4v) is 3.02. The molecule has 2 unspecified atom stereocenters. The lowest BCUT2D eigenvalue weighted by atomic mass is 9.73. The van der Waals surface area contributed by atoms with Gasteiger partial charge in [0.25, 0.3) is 5.69 Å². The third-order valence-electron chi connectivity index (χ3n) is 4.22. The molecule has 1 heterocycles. The molecule has 3 N–H and O–H groups in total. The lowest BCUT2D eigenvalue weighted by Gasteiger charge is -2.43. The van der Waals surface area contributed by atoms with Gasteiger partial charge in [0, 0.05) is 12.6 Å². The molecule has 1 aromatic heterocycles. The van der Waals surface area contributed by atoms with Crippen LogP contribution in [0.2, 0.25) is 5.02 Å². The Morgan fingerprint density at radius 3 is 2.95 bits per heavy atom. The summed E-state index contributed by atoms with van der Waals surface area (Å²) in [5.74, 6) is 0.880. The van der Waals surface area contributed by atoms with Crippen LogP contribution in [0.1, 0.15) is 32.6 Å². The summed E-state index contributed by atoms with van der Waals surface area (Å²) >= 11 is 6.09. The highest BCUT2D eigenvalue weighted by atomic mass is 35.5. The van der Waals surface area contributed by atoms with Crippen LogP contribution in [0, 0.1) is 16.0 Å². The number of hydrogen-bond acceptors (Lipinski definition) is 5. The largest absolute Gasteiger partial charge is 0.362 e. The smallest absolute Gasteiger partial charge is 0.289 e. The maximum atomic E-state index is 10.7. The number of nitro groups is 1. The molecule has 1 aliphatic rings. The zero-order valence-corrected chi connectivity index (χ0v) is 12.2. The average Bonchev–Trinajstić information content (AvgIpc) is 2.43. The fraction of sp³-hybridized carbons (Fsp3) is 0.615. The van der Waals surface area contributed by atoms with Gasteiger partial charge < -0.3 is 11.1 Å². The number of hydrogen-bond donors (Lipinski definition) is 2. The quantitative estimate of drug-likeness (QED) is 0.658. The molecule has 0 amide bonds. The van der Waals surface area contributed by atoms with Gasteiger partial charge in [-0.05, 0) is 18.8 Å². The zero-order chi connectivity index (χ0) is 14.8. The molecular formula is C13H19ClN4O2. The summed E-state index contributed by atoms with van der Waals surface area (Å²) in [7, 11) is 0. The Labute approximate surface area is 122 Å². The Kier molecular flexibility index (Phi) is 4.45. The first kappa shape index (κ1) is 15.0. The molecule has 2 atom stereocenters. The molecule has 0 spiro atoms. The molecule has 0 saturated heterocycles. The van der Waals surface area contributed by atoms with Crippen molar-refractivity contribution in [2.24, 2.45) is 11.7 Å². The van der Waals surface area contributed by atoms with Gasteiger partial charge >= 0.3 is 0 Å². The average molecular weight is 299 g/mol. The van der Waals surface area contributed by atoms with Gasteiger partial charge in [0.05, 0.1) is 15.5 Å². The first-order valence-corrected chi connectivity index (χ1v) is 7.14. The highest BCUT2D eigenvalue weighted by Crippen LogP contribution is 2.37. The van der Waals surface area contributed by atoms with Crippen LogP contribution in [0.15, 0.2) is 12.3 Å². The molecule has 1 fully saturated rings. The van der Waals surface area contributed by atoms with Crippen molar-refractivity contribution >= 4 is 23.1 Å². The van der Waals surface area contributed by atoms with E-state index >= 15 is 0 Å². The van der Waals surface area contributed by atoms with Gasteiger partial charge in [-0.3, -0.25) is 10.1 Å². The van der Waals surface area contributed by atoms with Crippen molar-refractivity contribution in [2.45, 2.75) is 38.1 Å². The van der Waals surface area contributed by atoms with E-state index < -0.39 is 4.92 Å². The van der Waals surface area contributed by atoms with Crippen molar-refractivity contribution in [1.29, 1.82) is 0 Å². The van der Waals surface area contributed by atoms with E-state index in [2.05, 4.69) is 17.2 Å². The van der Waals surface area contributed by atoms with Crippen LogP contribution >= 0.6 is 11.6 Å². The van der Waals surface area contributed by atoms with E-state index in [1.165, 1.54) is 18.7 Å². The van der Waals surface area contributed by atoms with E-state index in [-0.39, 0.29) is 16.2 Å². The van der Waals surface area contributed by atoms with Crippen molar-refractivity contribution in [2.75, 3.05) is 11.9 Å². The predicted molar refractivity (Wildman–Crippen MR) is 78.9 cm³/mol. The molecule has 0 aliphatic heterocycles. The zero-order valence-electron chi connectivity index (χ0n) is 11.4. The topological polar surface area (TPSA) is 94.1 Å². The van der Waals surface area contributed by atoms with E-state index in [4.69, 9.17) is 17.3 Å². The molecule has 0 aromatic carbocycles. The second-order valence-electron chi connectivity index (χ2n) is 5.41. The number of halogens is 1. The molecule has 0 radical (unpaired) electrons. The molecule has 2 rings (SSSR count). The van der Waals surface area contributed by atoms with Crippen LogP contribution in [-0.4, -0.2) is 22.0 Å². The standard InChI is InChI=1S/C13H19ClN4O2/c1-9-4-2-3-5-13(9,8-15)17-12-11(14)6-10(7-16-12)18(19)20/h6-7,9H,2-5,8,15H2,1H3,(H,16,17). The first-order valence-electron chi connectivity index (χ1n) is 6.77. The highest BCUT2D eigenvalue weighted by Gasteiger charge is 2.37. The fourth-order valence-electron chi connectivity index (χ4n) is 2.81. The minimum absolute atomic E-state index is 0.112. The van der Waals surface area contributed by atoms with Gasteiger partial charge in [0.2, 0.25) is 0 Å². The second-order valence-corrected chi connectivity index (χ2v) is 5.82. The molecule has 1 saturated carbocycles. The third kappa shape index (κ3) is 2.86. The summed E-state index contributed by atoms with van der Waals surface area (Å²) in [6.45, 7) is 2.65. The molecule has 1 aliphatic carbocycles. The second kappa shape index (κ2) is 5.93. The number of anilines is 1. The van der Waals surface area contributed by atoms with E-state index in [9.17, 15) is 10.1 Å². The van der Waals surface area contributed by atoms with Crippen molar-refractivity contribution < 1.29 is 4.92 Å². The molecule has 20 heavy (non-hydrogen) atoms. The third-order valence-corrected chi connectivity index (χ3v) is 4.51. The van der Waals surface area contributed by atoms with Gasteiger partial charge in [0.1, 0.15) is 12.0 Å². The normalized spacial score (nSPS) is 26.2. The SMILES string of the molecule is CC1CCCCC1(CN)Nc1ncc([N+](=O)[O-])cc1Cl. The number of rotatable bonds is 4. The lowest BCUT2D eigenvalue weighted by molar-refractivity contribution is -0.385. The van der Waals surface area contributed by atoms with Gasteiger partial charge in [-0.1, -0.05) is 31.4 Å². The van der Waals surface area contributed by atoms with Crippen molar-refractivity contribution in [3.8, 4) is 0 Å². The summed E-state index contributed by atoms with van der Waals surface area (Å²) in [5.41, 5.74) is 5.62. The van der Waals surface area contributed by atoms with E-state index in [1.54, 1.807) is 0 Å². The van der Waals surface area contributed by atoms with Crippen LogP contribution in [-0.2, 0) is 0 Å². The number of nitrogens with zero attached hydrogens (tertiary/aromatic N) is 2. The Morgan fingerprint density at radius 2 is 2.40 bits per heavy atom. The number of nitrogens with one attached hydrogen (secondary N) is 1. The molecule has 110 valence electrons. The van der Waals surface area contributed by atoms with Crippen LogP contribution in [0.4, 0.5) is 11.5 Å².